The van der Waals surface area contributed by atoms with Crippen LogP contribution in [0.1, 0.15) is 73.6 Å². The molecule has 0 aromatic heterocycles. The van der Waals surface area contributed by atoms with Gasteiger partial charge in [-0.1, -0.05) is 59.6 Å². The van der Waals surface area contributed by atoms with Gasteiger partial charge < -0.3 is 0 Å². The van der Waals surface area contributed by atoms with Crippen molar-refractivity contribution in [3.05, 3.63) is 23.3 Å². The van der Waals surface area contributed by atoms with Crippen LogP contribution in [0, 0.1) is 50.7 Å². The van der Waals surface area contributed by atoms with E-state index < -0.39 is 10.8 Å². The fourth-order valence-corrected chi connectivity index (χ4v) is 7.99. The van der Waals surface area contributed by atoms with E-state index in [4.69, 9.17) is 0 Å². The van der Waals surface area contributed by atoms with E-state index in [2.05, 4.69) is 33.8 Å². The number of nitriles is 1. The molecule has 28 heavy (non-hydrogen) atoms. The van der Waals surface area contributed by atoms with Crippen molar-refractivity contribution in [2.45, 2.75) is 73.6 Å². The number of Topliss-reactive ketones (excluding diaryl/α,β-unsaturated/α-hetero) is 1. The van der Waals surface area contributed by atoms with Gasteiger partial charge in [-0.15, -0.1) is 0 Å². The molecule has 0 aliphatic heterocycles. The molecule has 0 saturated heterocycles. The first-order valence-corrected chi connectivity index (χ1v) is 10.9. The van der Waals surface area contributed by atoms with Crippen LogP contribution in [-0.4, -0.2) is 11.6 Å². The third-order valence-corrected chi connectivity index (χ3v) is 9.56. The average Bonchev–Trinajstić information content (AvgIpc) is 2.60. The zero-order valence-electron chi connectivity index (χ0n) is 18.2. The molecule has 0 radical (unpaired) electrons. The van der Waals surface area contributed by atoms with Gasteiger partial charge in [-0.3, -0.25) is 9.59 Å². The second-order valence-corrected chi connectivity index (χ2v) is 11.2. The number of hydrogen-bond donors (Lipinski definition) is 0. The lowest BCUT2D eigenvalue weighted by atomic mass is 9.37. The highest BCUT2D eigenvalue weighted by Crippen LogP contribution is 2.71. The van der Waals surface area contributed by atoms with Crippen LogP contribution in [0.25, 0.3) is 0 Å². The Labute approximate surface area is 169 Å². The molecule has 3 nitrogen and oxygen atoms in total. The number of fused-ring (bicyclic) bond motifs is 5. The largest absolute Gasteiger partial charge is 0.295 e. The lowest BCUT2D eigenvalue weighted by Gasteiger charge is -2.66. The SMILES string of the molecule is CC1CCC[C@]2(C)[C@@H]1C(=O)C=C1[C@@]3(C)C=C(C#N)C(=O)C(C)(C)C3CC[C@]12C. The van der Waals surface area contributed by atoms with Crippen molar-refractivity contribution in [3.8, 4) is 6.07 Å². The first kappa shape index (κ1) is 19.6. The number of ketones is 2. The van der Waals surface area contributed by atoms with Gasteiger partial charge in [-0.2, -0.15) is 5.26 Å². The van der Waals surface area contributed by atoms with Crippen molar-refractivity contribution in [3.63, 3.8) is 0 Å². The van der Waals surface area contributed by atoms with Crippen LogP contribution in [0.2, 0.25) is 0 Å². The number of rotatable bonds is 0. The molecule has 0 spiro atoms. The van der Waals surface area contributed by atoms with Crippen LogP contribution in [0.5, 0.6) is 0 Å². The molecule has 0 aromatic rings. The maximum atomic E-state index is 13.4. The summed E-state index contributed by atoms with van der Waals surface area (Å²) in [4.78, 5) is 26.3. The third kappa shape index (κ3) is 2.10. The zero-order valence-corrected chi connectivity index (χ0v) is 18.2. The van der Waals surface area contributed by atoms with Crippen molar-refractivity contribution < 1.29 is 9.59 Å². The topological polar surface area (TPSA) is 57.9 Å². The van der Waals surface area contributed by atoms with Gasteiger partial charge in [0.2, 0.25) is 0 Å². The second kappa shape index (κ2) is 5.68. The minimum atomic E-state index is -0.586. The van der Waals surface area contributed by atoms with Crippen LogP contribution >= 0.6 is 0 Å². The van der Waals surface area contributed by atoms with Crippen molar-refractivity contribution >= 4 is 11.6 Å². The molecular formula is C25H33NO2. The molecule has 6 atom stereocenters. The summed E-state index contributed by atoms with van der Waals surface area (Å²) >= 11 is 0. The third-order valence-electron chi connectivity index (χ3n) is 9.56. The Hall–Kier alpha value is -1.69. The molecule has 2 saturated carbocycles. The molecular weight excluding hydrogens is 346 g/mol. The van der Waals surface area contributed by atoms with Crippen LogP contribution in [0.3, 0.4) is 0 Å². The molecule has 0 N–H and O–H groups in total. The van der Waals surface area contributed by atoms with Gasteiger partial charge in [-0.25, -0.2) is 0 Å². The number of nitrogens with zero attached hydrogens (tertiary/aromatic N) is 1. The quantitative estimate of drug-likeness (QED) is 0.565. The first-order valence-electron chi connectivity index (χ1n) is 10.9. The van der Waals surface area contributed by atoms with E-state index in [1.807, 2.05) is 26.0 Å². The minimum absolute atomic E-state index is 0.0424. The maximum absolute atomic E-state index is 13.4. The smallest absolute Gasteiger partial charge is 0.178 e. The molecule has 4 aliphatic rings. The van der Waals surface area contributed by atoms with Gasteiger partial charge in [0.05, 0.1) is 5.57 Å². The molecule has 150 valence electrons. The monoisotopic (exact) mass is 379 g/mol. The summed E-state index contributed by atoms with van der Waals surface area (Å²) in [6, 6.07) is 2.16. The average molecular weight is 380 g/mol. The molecule has 4 rings (SSSR count). The first-order chi connectivity index (χ1) is 12.9. The van der Waals surface area contributed by atoms with Crippen LogP contribution < -0.4 is 0 Å². The van der Waals surface area contributed by atoms with Crippen molar-refractivity contribution in [2.24, 2.45) is 39.4 Å². The lowest BCUT2D eigenvalue weighted by Crippen LogP contribution is -2.61. The Bertz CT molecular complexity index is 871. The van der Waals surface area contributed by atoms with E-state index in [0.29, 0.717) is 5.92 Å². The van der Waals surface area contributed by atoms with Gasteiger partial charge in [0.25, 0.3) is 0 Å². The Morgan fingerprint density at radius 2 is 1.75 bits per heavy atom. The van der Waals surface area contributed by atoms with Crippen LogP contribution in [0.4, 0.5) is 0 Å². The molecule has 0 heterocycles. The highest BCUT2D eigenvalue weighted by molar-refractivity contribution is 6.04. The second-order valence-electron chi connectivity index (χ2n) is 11.2. The number of carbonyl (C=O) groups excluding carboxylic acids is 2. The number of hydrogen-bond acceptors (Lipinski definition) is 3. The molecule has 2 unspecified atom stereocenters. The number of carbonyl (C=O) groups is 2. The summed E-state index contributed by atoms with van der Waals surface area (Å²) in [5, 5.41) is 9.66. The van der Waals surface area contributed by atoms with Crippen molar-refractivity contribution in [1.29, 1.82) is 5.26 Å². The highest BCUT2D eigenvalue weighted by Gasteiger charge is 2.66. The van der Waals surface area contributed by atoms with Gasteiger partial charge in [0.15, 0.2) is 11.6 Å². The standard InChI is InChI=1S/C25H33NO2/c1-15-8-7-10-25(6)20(15)17(27)12-19-23(4)13-16(14-26)21(28)22(2,3)18(23)9-11-24(19,25)5/h12-13,15,18,20H,7-11H2,1-6H3/t15?,18?,20-,23-,24+,25+/m0/s1. The van der Waals surface area contributed by atoms with Crippen molar-refractivity contribution in [1.82, 2.24) is 0 Å². The van der Waals surface area contributed by atoms with E-state index in [9.17, 15) is 14.9 Å². The van der Waals surface area contributed by atoms with E-state index in [1.165, 1.54) is 12.0 Å². The van der Waals surface area contributed by atoms with Gasteiger partial charge in [0, 0.05) is 16.7 Å². The lowest BCUT2D eigenvalue weighted by molar-refractivity contribution is -0.144. The minimum Gasteiger partial charge on any atom is -0.295 e. The molecule has 4 aliphatic carbocycles. The molecule has 2 fully saturated rings. The summed E-state index contributed by atoms with van der Waals surface area (Å²) in [6.07, 6.45) is 9.22. The highest BCUT2D eigenvalue weighted by atomic mass is 16.1. The van der Waals surface area contributed by atoms with Crippen molar-refractivity contribution in [2.75, 3.05) is 0 Å². The van der Waals surface area contributed by atoms with Gasteiger partial charge in [0.1, 0.15) is 6.07 Å². The fraction of sp³-hybridized carbons (Fsp3) is 0.720. The maximum Gasteiger partial charge on any atom is 0.178 e. The molecule has 0 amide bonds. The van der Waals surface area contributed by atoms with E-state index >= 15 is 0 Å². The van der Waals surface area contributed by atoms with Gasteiger partial charge >= 0.3 is 0 Å². The normalized spacial score (nSPS) is 47.1. The Kier molecular flexibility index (Phi) is 3.98. The predicted octanol–water partition coefficient (Wildman–Crippen LogP) is 5.42. The van der Waals surface area contributed by atoms with E-state index in [0.717, 1.165) is 25.7 Å². The van der Waals surface area contributed by atoms with Gasteiger partial charge in [-0.05, 0) is 54.4 Å². The number of allylic oxidation sites excluding steroid dienone is 4. The van der Waals surface area contributed by atoms with Crippen LogP contribution in [0.15, 0.2) is 23.3 Å². The predicted molar refractivity (Wildman–Crippen MR) is 109 cm³/mol. The molecule has 3 heteroatoms. The molecule has 0 bridgehead atoms. The summed E-state index contributed by atoms with van der Waals surface area (Å²) in [6.45, 7) is 13.1. The summed E-state index contributed by atoms with van der Waals surface area (Å²) in [5.74, 6) is 0.858. The summed E-state index contributed by atoms with van der Waals surface area (Å²) < 4.78 is 0. The summed E-state index contributed by atoms with van der Waals surface area (Å²) in [7, 11) is 0. The molecule has 0 aromatic carbocycles. The fourth-order valence-electron chi connectivity index (χ4n) is 7.99. The van der Waals surface area contributed by atoms with E-state index in [1.54, 1.807) is 0 Å². The Morgan fingerprint density at radius 3 is 2.39 bits per heavy atom. The van der Waals surface area contributed by atoms with E-state index in [-0.39, 0.29) is 39.8 Å². The zero-order chi connectivity index (χ0) is 20.7. The summed E-state index contributed by atoms with van der Waals surface area (Å²) in [5.41, 5.74) is 0.329. The Morgan fingerprint density at radius 1 is 1.07 bits per heavy atom. The Balaban J connectivity index is 1.97. The van der Waals surface area contributed by atoms with Crippen LogP contribution in [-0.2, 0) is 9.59 Å².